The Morgan fingerprint density at radius 2 is 2.28 bits per heavy atom. The van der Waals surface area contributed by atoms with E-state index in [1.807, 2.05) is 7.05 Å². The van der Waals surface area contributed by atoms with Crippen molar-refractivity contribution in [3.05, 3.63) is 12.2 Å². The zero-order chi connectivity index (χ0) is 12.8. The zero-order valence-corrected chi connectivity index (χ0v) is 11.6. The first-order valence-corrected chi connectivity index (χ1v) is 7.08. The van der Waals surface area contributed by atoms with Crippen molar-refractivity contribution < 1.29 is 0 Å². The van der Waals surface area contributed by atoms with Gasteiger partial charge >= 0.3 is 0 Å². The summed E-state index contributed by atoms with van der Waals surface area (Å²) in [6, 6.07) is 0.621. The van der Waals surface area contributed by atoms with Crippen molar-refractivity contribution in [3.8, 4) is 0 Å². The molecule has 1 atom stereocenters. The van der Waals surface area contributed by atoms with E-state index in [9.17, 15) is 0 Å². The number of likely N-dealkylation sites (tertiary alicyclic amines) is 1. The van der Waals surface area contributed by atoms with Crippen molar-refractivity contribution in [2.45, 2.75) is 45.2 Å². The molecule has 1 aromatic rings. The van der Waals surface area contributed by atoms with Crippen LogP contribution in [-0.4, -0.2) is 45.3 Å². The van der Waals surface area contributed by atoms with Gasteiger partial charge in [-0.15, -0.1) is 0 Å². The molecule has 1 unspecified atom stereocenters. The number of aryl methyl sites for hydroxylation is 1. The molecule has 5 nitrogen and oxygen atoms in total. The van der Waals surface area contributed by atoms with Crippen molar-refractivity contribution in [3.63, 3.8) is 0 Å². The molecule has 0 aliphatic carbocycles. The van der Waals surface area contributed by atoms with Gasteiger partial charge in [0.2, 0.25) is 0 Å². The molecule has 0 aromatic carbocycles. The van der Waals surface area contributed by atoms with Gasteiger partial charge in [0.1, 0.15) is 6.33 Å². The summed E-state index contributed by atoms with van der Waals surface area (Å²) in [6.45, 7) is 6.77. The van der Waals surface area contributed by atoms with E-state index in [0.29, 0.717) is 6.04 Å². The maximum Gasteiger partial charge on any atom is 0.164 e. The van der Waals surface area contributed by atoms with E-state index in [4.69, 9.17) is 0 Å². The van der Waals surface area contributed by atoms with Crippen LogP contribution in [0.2, 0.25) is 0 Å². The number of rotatable bonds is 5. The second-order valence-corrected chi connectivity index (χ2v) is 5.18. The van der Waals surface area contributed by atoms with Crippen LogP contribution in [0.25, 0.3) is 0 Å². The SMILES string of the molecule is CCCN1CCCC(NCc2ncn(C)n2)CC1. The first-order chi connectivity index (χ1) is 8.78. The maximum atomic E-state index is 4.30. The van der Waals surface area contributed by atoms with Gasteiger partial charge in [-0.3, -0.25) is 4.68 Å². The summed E-state index contributed by atoms with van der Waals surface area (Å²) in [4.78, 5) is 6.83. The topological polar surface area (TPSA) is 46.0 Å². The average Bonchev–Trinajstić information content (AvgIpc) is 2.64. The Morgan fingerprint density at radius 1 is 1.39 bits per heavy atom. The minimum Gasteiger partial charge on any atom is -0.307 e. The highest BCUT2D eigenvalue weighted by molar-refractivity contribution is 4.83. The Hall–Kier alpha value is -0.940. The third kappa shape index (κ3) is 4.07. The predicted molar refractivity (Wildman–Crippen MR) is 72.2 cm³/mol. The molecule has 1 aliphatic rings. The first kappa shape index (κ1) is 13.5. The van der Waals surface area contributed by atoms with Gasteiger partial charge in [-0.1, -0.05) is 6.92 Å². The summed E-state index contributed by atoms with van der Waals surface area (Å²) < 4.78 is 1.76. The lowest BCUT2D eigenvalue weighted by Crippen LogP contribution is -2.31. The molecule has 1 fully saturated rings. The van der Waals surface area contributed by atoms with Gasteiger partial charge in [0.25, 0.3) is 0 Å². The molecular weight excluding hydrogens is 226 g/mol. The Labute approximate surface area is 110 Å². The van der Waals surface area contributed by atoms with Crippen LogP contribution < -0.4 is 5.32 Å². The van der Waals surface area contributed by atoms with Crippen LogP contribution in [0.4, 0.5) is 0 Å². The standard InChI is InChI=1S/C13H25N5/c1-3-7-18-8-4-5-12(6-9-18)14-10-13-15-11-17(2)16-13/h11-12,14H,3-10H2,1-2H3. The van der Waals surface area contributed by atoms with Crippen LogP contribution >= 0.6 is 0 Å². The summed E-state index contributed by atoms with van der Waals surface area (Å²) in [7, 11) is 1.91. The molecule has 18 heavy (non-hydrogen) atoms. The van der Waals surface area contributed by atoms with Crippen molar-refractivity contribution in [2.75, 3.05) is 19.6 Å². The second kappa shape index (κ2) is 6.85. The lowest BCUT2D eigenvalue weighted by Gasteiger charge is -2.19. The fraction of sp³-hybridized carbons (Fsp3) is 0.846. The molecule has 2 heterocycles. The smallest absolute Gasteiger partial charge is 0.164 e. The van der Waals surface area contributed by atoms with E-state index in [1.165, 1.54) is 45.3 Å². The molecule has 1 N–H and O–H groups in total. The molecule has 1 saturated heterocycles. The van der Waals surface area contributed by atoms with Gasteiger partial charge in [0.15, 0.2) is 5.82 Å². The zero-order valence-electron chi connectivity index (χ0n) is 11.6. The van der Waals surface area contributed by atoms with Crippen LogP contribution in [0, 0.1) is 0 Å². The number of aromatic nitrogens is 3. The fourth-order valence-electron chi connectivity index (χ4n) is 2.60. The minimum atomic E-state index is 0.621. The molecule has 1 aromatic heterocycles. The summed E-state index contributed by atoms with van der Waals surface area (Å²) >= 11 is 0. The van der Waals surface area contributed by atoms with Crippen LogP contribution in [0.1, 0.15) is 38.4 Å². The summed E-state index contributed by atoms with van der Waals surface area (Å²) in [5.41, 5.74) is 0. The molecule has 0 saturated carbocycles. The van der Waals surface area contributed by atoms with Crippen LogP contribution in [0.3, 0.4) is 0 Å². The molecule has 0 radical (unpaired) electrons. The van der Waals surface area contributed by atoms with Gasteiger partial charge in [-0.2, -0.15) is 5.10 Å². The summed E-state index contributed by atoms with van der Waals surface area (Å²) in [6.07, 6.45) is 6.83. The third-order valence-corrected chi connectivity index (χ3v) is 3.56. The normalized spacial score (nSPS) is 22.0. The van der Waals surface area contributed by atoms with E-state index in [0.717, 1.165) is 12.4 Å². The lowest BCUT2D eigenvalue weighted by atomic mass is 10.1. The lowest BCUT2D eigenvalue weighted by molar-refractivity contribution is 0.282. The molecule has 0 spiro atoms. The quantitative estimate of drug-likeness (QED) is 0.853. The maximum absolute atomic E-state index is 4.30. The Morgan fingerprint density at radius 3 is 3.00 bits per heavy atom. The van der Waals surface area contributed by atoms with Gasteiger partial charge in [-0.05, 0) is 45.3 Å². The molecule has 0 bridgehead atoms. The van der Waals surface area contributed by atoms with Crippen LogP contribution in [0.15, 0.2) is 6.33 Å². The number of nitrogens with one attached hydrogen (secondary N) is 1. The van der Waals surface area contributed by atoms with E-state index in [2.05, 4.69) is 27.2 Å². The molecule has 2 rings (SSSR count). The molecule has 1 aliphatic heterocycles. The largest absolute Gasteiger partial charge is 0.307 e. The third-order valence-electron chi connectivity index (χ3n) is 3.56. The van der Waals surface area contributed by atoms with Crippen molar-refractivity contribution in [2.24, 2.45) is 7.05 Å². The van der Waals surface area contributed by atoms with Gasteiger partial charge in [0.05, 0.1) is 6.54 Å². The highest BCUT2D eigenvalue weighted by Gasteiger charge is 2.16. The monoisotopic (exact) mass is 251 g/mol. The van der Waals surface area contributed by atoms with Gasteiger partial charge in [-0.25, -0.2) is 4.98 Å². The van der Waals surface area contributed by atoms with E-state index < -0.39 is 0 Å². The molecule has 0 amide bonds. The van der Waals surface area contributed by atoms with Crippen LogP contribution in [-0.2, 0) is 13.6 Å². The number of nitrogens with zero attached hydrogens (tertiary/aromatic N) is 4. The number of hydrogen-bond acceptors (Lipinski definition) is 4. The Bertz CT molecular complexity index is 349. The second-order valence-electron chi connectivity index (χ2n) is 5.18. The van der Waals surface area contributed by atoms with Crippen molar-refractivity contribution in [1.82, 2.24) is 25.0 Å². The predicted octanol–water partition coefficient (Wildman–Crippen LogP) is 1.17. The number of hydrogen-bond donors (Lipinski definition) is 1. The van der Waals surface area contributed by atoms with E-state index in [1.54, 1.807) is 11.0 Å². The highest BCUT2D eigenvalue weighted by Crippen LogP contribution is 2.11. The molecule has 102 valence electrons. The Balaban J connectivity index is 1.73. The van der Waals surface area contributed by atoms with Crippen molar-refractivity contribution in [1.29, 1.82) is 0 Å². The fourth-order valence-corrected chi connectivity index (χ4v) is 2.60. The van der Waals surface area contributed by atoms with E-state index >= 15 is 0 Å². The average molecular weight is 251 g/mol. The molecule has 5 heteroatoms. The summed E-state index contributed by atoms with van der Waals surface area (Å²) in [5.74, 6) is 0.896. The Kier molecular flexibility index (Phi) is 5.13. The van der Waals surface area contributed by atoms with Gasteiger partial charge < -0.3 is 10.2 Å². The summed E-state index contributed by atoms with van der Waals surface area (Å²) in [5, 5.41) is 7.88. The van der Waals surface area contributed by atoms with E-state index in [-0.39, 0.29) is 0 Å². The minimum absolute atomic E-state index is 0.621. The molecular formula is C13H25N5. The highest BCUT2D eigenvalue weighted by atomic mass is 15.3. The van der Waals surface area contributed by atoms with Crippen molar-refractivity contribution >= 4 is 0 Å². The van der Waals surface area contributed by atoms with Crippen LogP contribution in [0.5, 0.6) is 0 Å². The first-order valence-electron chi connectivity index (χ1n) is 7.08. The van der Waals surface area contributed by atoms with Gasteiger partial charge in [0, 0.05) is 13.1 Å².